The predicted octanol–water partition coefficient (Wildman–Crippen LogP) is -0.499. The van der Waals surface area contributed by atoms with Gasteiger partial charge in [0.15, 0.2) is 0 Å². The third kappa shape index (κ3) is 58.5. The maximum Gasteiger partial charge on any atom is 0.305 e. The quantitative estimate of drug-likeness (QED) is 0.0158. The number of amides is 17. The lowest BCUT2D eigenvalue weighted by Gasteiger charge is -2.30. The van der Waals surface area contributed by atoms with Gasteiger partial charge >= 0.3 is 5.97 Å². The fourth-order valence-electron chi connectivity index (χ4n) is 15.5. The number of unbranched alkanes of at least 4 members (excludes halogenated alkanes) is 8. The zero-order chi connectivity index (χ0) is 106. The predicted molar refractivity (Wildman–Crippen MR) is 537 cm³/mol. The number of nitrogens with two attached hydrogens (primary N) is 8. The number of carboxylic acid groups (broad SMARTS) is 1. The largest absolute Gasteiger partial charge is 0.481 e. The van der Waals surface area contributed by atoms with Crippen LogP contribution in [0.1, 0.15) is 310 Å². The lowest BCUT2D eigenvalue weighted by atomic mass is 9.98. The van der Waals surface area contributed by atoms with Crippen LogP contribution in [0.5, 0.6) is 0 Å². The Kier molecular flexibility index (Phi) is 68.9. The smallest absolute Gasteiger partial charge is 0.305 e. The minimum absolute atomic E-state index is 0.00767. The minimum atomic E-state index is -1.92. The van der Waals surface area contributed by atoms with Crippen LogP contribution in [0.2, 0.25) is 0 Å². The molecule has 0 spiro atoms. The van der Waals surface area contributed by atoms with Gasteiger partial charge in [0.1, 0.15) is 84.6 Å². The molecule has 34 N–H and O–H groups in total. The first kappa shape index (κ1) is 130. The molecule has 0 saturated heterocycles. The van der Waals surface area contributed by atoms with Gasteiger partial charge < -0.3 is 130 Å². The van der Waals surface area contributed by atoms with Crippen molar-refractivity contribution < 1.29 is 91.4 Å². The number of hydrazine groups is 1. The summed E-state index contributed by atoms with van der Waals surface area (Å²) in [6, 6.07) is -19.9. The summed E-state index contributed by atoms with van der Waals surface area (Å²) >= 11 is 0. The van der Waals surface area contributed by atoms with E-state index in [0.717, 1.165) is 0 Å². The van der Waals surface area contributed by atoms with Gasteiger partial charge in [-0.2, -0.15) is 0 Å². The fraction of sp³-hybridized carbons (Fsp3) is 0.812. The van der Waals surface area contributed by atoms with Gasteiger partial charge in [-0.25, -0.2) is 5.84 Å². The van der Waals surface area contributed by atoms with Crippen molar-refractivity contribution in [3.63, 3.8) is 0 Å². The zero-order valence-electron chi connectivity index (χ0n) is 86.8. The molecule has 806 valence electrons. The second-order valence-electron chi connectivity index (χ2n) is 40.2. The Morgan fingerprint density at radius 1 is 0.221 bits per heavy atom. The summed E-state index contributed by atoms with van der Waals surface area (Å²) in [7, 11) is 0. The summed E-state index contributed by atoms with van der Waals surface area (Å²) in [6.45, 7) is 30.2. The van der Waals surface area contributed by atoms with Crippen LogP contribution >= 0.6 is 0 Å². The normalized spacial score (nSPS) is 14.7. The van der Waals surface area contributed by atoms with Gasteiger partial charge in [-0.3, -0.25) is 91.7 Å². The van der Waals surface area contributed by atoms with E-state index in [1.54, 1.807) is 55.4 Å². The molecule has 0 heterocycles. The Bertz CT molecular complexity index is 3750. The number of hydrogen-bond donors (Lipinski definition) is 26. The molecule has 0 radical (unpaired) electrons. The summed E-state index contributed by atoms with van der Waals surface area (Å²) in [4.78, 5) is 255. The molecule has 0 aliphatic carbocycles. The Hall–Kier alpha value is -9.86. The molecule has 0 aromatic rings. The Balaban J connectivity index is 7.38. The van der Waals surface area contributed by atoms with Crippen LogP contribution in [-0.2, 0) is 86.3 Å². The maximum absolute atomic E-state index is 14.9. The Morgan fingerprint density at radius 2 is 0.421 bits per heavy atom. The molecule has 0 fully saturated rings. The standard InChI is InChI=1S/C96H183N25O19/c1-56(2)46-64(103)82(126)107-66(33-20-26-40-98)84(128)109-67(34-21-27-41-99)85(129)114-74(50-60(9)10)92(136)117-73(49-59(7)8)91(135)111-69(36-23-29-43-101)87(131)115-76(52-62(13)14)94(138)119-77(53-63(15)16)95(139)120-78(54-81(124)125)96(140)112-70(37-24-30-44-102)88(132)116-75(51-61(11)12)93(137)118-72(48-58(5)6)90(134)110-68(35-22-28-42-100)86(130)113-71(47-57(3)4)89(133)108-65(32-19-25-39-97)83(127)106-55-80(123)105-45-31-17-18-38-79(122)121-104/h56-78H,17-55,97-104H2,1-16H3,(H,105,123)(H,106,127)(H,107,126)(H,108,133)(H,109,128)(H,110,134)(H,111,135)(H,112,140)(H,113,130)(H,114,129)(H,115,131)(H,116,132)(H,117,136)(H,118,137)(H,119,138)(H,120,139)(H,121,122)(H,124,125)/t64-,65-,66-,67-,68-,69-,70-,71-,72-,73-,74-,75-,76-,77-,78-/m0/s1. The van der Waals surface area contributed by atoms with Crippen molar-refractivity contribution in [1.82, 2.24) is 90.5 Å². The van der Waals surface area contributed by atoms with Crippen molar-refractivity contribution in [3.05, 3.63) is 0 Å². The third-order valence-corrected chi connectivity index (χ3v) is 22.9. The molecule has 44 nitrogen and oxygen atoms in total. The van der Waals surface area contributed by atoms with Crippen molar-refractivity contribution in [2.75, 3.05) is 52.4 Å². The van der Waals surface area contributed by atoms with Crippen molar-refractivity contribution in [1.29, 1.82) is 0 Å². The van der Waals surface area contributed by atoms with Gasteiger partial charge in [0.25, 0.3) is 0 Å². The summed E-state index contributed by atoms with van der Waals surface area (Å²) < 4.78 is 0. The van der Waals surface area contributed by atoms with Gasteiger partial charge in [-0.05, 0) is 266 Å². The summed E-state index contributed by atoms with van der Waals surface area (Å²) in [5.41, 5.74) is 43.4. The molecule has 15 atom stereocenters. The second-order valence-corrected chi connectivity index (χ2v) is 40.2. The maximum atomic E-state index is 14.9. The molecular formula is C96H183N25O19. The first-order chi connectivity index (χ1) is 66.0. The van der Waals surface area contributed by atoms with Crippen LogP contribution in [0, 0.1) is 47.3 Å². The van der Waals surface area contributed by atoms with E-state index in [1.807, 2.05) is 55.4 Å². The average Bonchev–Trinajstić information content (AvgIpc) is 0.851. The highest BCUT2D eigenvalue weighted by Gasteiger charge is 2.40. The van der Waals surface area contributed by atoms with E-state index in [0.29, 0.717) is 109 Å². The molecule has 0 aliphatic heterocycles. The summed E-state index contributed by atoms with van der Waals surface area (Å²) in [5, 5.41) is 54.0. The third-order valence-electron chi connectivity index (χ3n) is 22.9. The van der Waals surface area contributed by atoms with Crippen LogP contribution < -0.4 is 136 Å². The minimum Gasteiger partial charge on any atom is -0.481 e. The zero-order valence-corrected chi connectivity index (χ0v) is 86.8. The summed E-state index contributed by atoms with van der Waals surface area (Å²) in [6.07, 6.45) is 6.45. The van der Waals surface area contributed by atoms with E-state index in [9.17, 15) is 91.4 Å². The average molecular weight is 1990 g/mol. The molecule has 44 heteroatoms. The topological polar surface area (TPSA) is 740 Å². The van der Waals surface area contributed by atoms with E-state index in [1.165, 1.54) is 0 Å². The Morgan fingerprint density at radius 3 is 0.636 bits per heavy atom. The highest BCUT2D eigenvalue weighted by Crippen LogP contribution is 2.20. The molecule has 0 aromatic heterocycles. The number of hydrogen-bond acceptors (Lipinski definition) is 26. The van der Waals surface area contributed by atoms with Crippen LogP contribution in [0.15, 0.2) is 0 Å². The number of aliphatic carboxylic acids is 1. The number of carbonyl (C=O) groups excluding carboxylic acids is 17. The molecule has 0 saturated carbocycles. The van der Waals surface area contributed by atoms with Crippen molar-refractivity contribution in [2.45, 2.75) is 400 Å². The lowest BCUT2D eigenvalue weighted by molar-refractivity contribution is -0.142. The number of nitrogens with one attached hydrogen (secondary N) is 17. The molecule has 0 bridgehead atoms. The molecular weight excluding hydrogens is 1810 g/mol. The SMILES string of the molecule is CC(C)C[C@H](NC(=O)[C@H](CCCCN)NC(=O)[C@H](CC(C)C)NC(=O)[C@H](CC(C)C)NC(=O)[C@H](CCCCN)NC(=O)[C@H](CC(=O)O)NC(=O)[C@H](CC(C)C)NC(=O)[C@H](CC(C)C)NC(=O)[C@H](CCCCN)NC(=O)[C@H](CC(C)C)NC(=O)[C@H](CC(C)C)NC(=O)[C@H](CCCCN)NC(=O)[C@H](CCCCN)NC(=O)[C@@H](N)CC(C)C)C(=O)N[C@@H](CCCCN)C(=O)NCC(=O)NCCCCCC(=O)NN. The monoisotopic (exact) mass is 1990 g/mol. The molecule has 17 amide bonds. The highest BCUT2D eigenvalue weighted by molar-refractivity contribution is 6.01. The second kappa shape index (κ2) is 74.1. The lowest BCUT2D eigenvalue weighted by Crippen LogP contribution is -2.61. The number of rotatable bonds is 79. The van der Waals surface area contributed by atoms with Gasteiger partial charge in [-0.15, -0.1) is 0 Å². The summed E-state index contributed by atoms with van der Waals surface area (Å²) in [5.74, 6) is -11.1. The molecule has 0 aliphatic rings. The first-order valence-corrected chi connectivity index (χ1v) is 51.0. The molecule has 0 rings (SSSR count). The fourth-order valence-corrected chi connectivity index (χ4v) is 15.5. The highest BCUT2D eigenvalue weighted by atomic mass is 16.4. The van der Waals surface area contributed by atoms with E-state index in [2.05, 4.69) is 90.5 Å². The van der Waals surface area contributed by atoms with E-state index in [-0.39, 0.29) is 182 Å². The van der Waals surface area contributed by atoms with Gasteiger partial charge in [-0.1, -0.05) is 117 Å². The van der Waals surface area contributed by atoms with Crippen LogP contribution in [-0.4, -0.2) is 254 Å². The molecule has 0 unspecified atom stereocenters. The Labute approximate surface area is 830 Å². The van der Waals surface area contributed by atoms with E-state index < -0.39 is 204 Å². The van der Waals surface area contributed by atoms with Crippen molar-refractivity contribution >= 4 is 106 Å². The van der Waals surface area contributed by atoms with Crippen LogP contribution in [0.3, 0.4) is 0 Å². The number of carboxylic acids is 1. The van der Waals surface area contributed by atoms with Crippen molar-refractivity contribution in [2.24, 2.45) is 93.3 Å². The van der Waals surface area contributed by atoms with E-state index >= 15 is 0 Å². The van der Waals surface area contributed by atoms with Gasteiger partial charge in [0.05, 0.1) is 19.0 Å². The van der Waals surface area contributed by atoms with Crippen molar-refractivity contribution in [3.8, 4) is 0 Å². The van der Waals surface area contributed by atoms with E-state index in [4.69, 9.17) is 46.0 Å². The number of carbonyl (C=O) groups is 18. The molecule has 0 aromatic carbocycles. The molecule has 140 heavy (non-hydrogen) atoms. The van der Waals surface area contributed by atoms with Gasteiger partial charge in [0.2, 0.25) is 100 Å². The van der Waals surface area contributed by atoms with Crippen LogP contribution in [0.4, 0.5) is 0 Å². The van der Waals surface area contributed by atoms with Gasteiger partial charge in [0, 0.05) is 13.0 Å². The first-order valence-electron chi connectivity index (χ1n) is 51.0. The van der Waals surface area contributed by atoms with Crippen LogP contribution in [0.25, 0.3) is 0 Å².